The Kier molecular flexibility index (Phi) is 5.55. The first kappa shape index (κ1) is 13.3. The smallest absolute Gasteiger partial charge is 0.139 e. The molecule has 0 radical (unpaired) electrons. The zero-order valence-electron chi connectivity index (χ0n) is 9.95. The minimum Gasteiger partial charge on any atom is -0.409 e. The van der Waals surface area contributed by atoms with Gasteiger partial charge < -0.3 is 20.4 Å². The highest BCUT2D eigenvalue weighted by atomic mass is 16.5. The van der Waals surface area contributed by atoms with Gasteiger partial charge in [-0.2, -0.15) is 0 Å². The van der Waals surface area contributed by atoms with Gasteiger partial charge in [-0.3, -0.25) is 0 Å². The molecule has 1 rings (SSSR count). The molecule has 1 fully saturated rings. The maximum Gasteiger partial charge on any atom is 0.139 e. The first-order valence-corrected chi connectivity index (χ1v) is 5.84. The monoisotopic (exact) mass is 230 g/mol. The molecule has 94 valence electrons. The molecule has 5 nitrogen and oxygen atoms in total. The van der Waals surface area contributed by atoms with E-state index in [1.807, 2.05) is 0 Å². The first-order valence-electron chi connectivity index (χ1n) is 5.84. The van der Waals surface area contributed by atoms with Gasteiger partial charge in [0.1, 0.15) is 5.84 Å². The van der Waals surface area contributed by atoms with Crippen molar-refractivity contribution in [1.29, 1.82) is 0 Å². The molecule has 0 saturated heterocycles. The fourth-order valence-corrected chi connectivity index (χ4v) is 1.62. The van der Waals surface area contributed by atoms with Gasteiger partial charge in [-0.25, -0.2) is 0 Å². The van der Waals surface area contributed by atoms with Crippen LogP contribution in [0.15, 0.2) is 5.16 Å². The summed E-state index contributed by atoms with van der Waals surface area (Å²) in [4.78, 5) is 0. The molecule has 1 saturated carbocycles. The normalized spacial score (nSPS) is 18.7. The maximum atomic E-state index is 8.50. The van der Waals surface area contributed by atoms with Crippen molar-refractivity contribution in [1.82, 2.24) is 0 Å². The molecule has 0 aromatic rings. The number of nitrogens with zero attached hydrogens (tertiary/aromatic N) is 1. The Hall–Kier alpha value is -0.810. The van der Waals surface area contributed by atoms with Gasteiger partial charge in [-0.1, -0.05) is 12.1 Å². The summed E-state index contributed by atoms with van der Waals surface area (Å²) in [6.45, 7) is 4.82. The van der Waals surface area contributed by atoms with E-state index in [9.17, 15) is 0 Å². The summed E-state index contributed by atoms with van der Waals surface area (Å²) in [5.41, 5.74) is 5.61. The fraction of sp³-hybridized carbons (Fsp3) is 0.909. The molecule has 0 aromatic carbocycles. The number of amidine groups is 1. The quantitative estimate of drug-likeness (QED) is 0.206. The van der Waals surface area contributed by atoms with Gasteiger partial charge in [0.15, 0.2) is 0 Å². The van der Waals surface area contributed by atoms with Crippen molar-refractivity contribution >= 4 is 5.84 Å². The minimum absolute atomic E-state index is 0.126. The average molecular weight is 230 g/mol. The average Bonchev–Trinajstić information content (AvgIpc) is 3.03. The number of rotatable bonds is 9. The van der Waals surface area contributed by atoms with E-state index in [0.717, 1.165) is 25.9 Å². The summed E-state index contributed by atoms with van der Waals surface area (Å²) in [7, 11) is 0. The highest BCUT2D eigenvalue weighted by Crippen LogP contribution is 2.48. The first-order chi connectivity index (χ1) is 7.72. The van der Waals surface area contributed by atoms with E-state index >= 15 is 0 Å². The molecule has 5 heteroatoms. The van der Waals surface area contributed by atoms with Crippen LogP contribution in [0, 0.1) is 5.41 Å². The van der Waals surface area contributed by atoms with Crippen LogP contribution in [0.2, 0.25) is 0 Å². The molecule has 3 N–H and O–H groups in total. The third kappa shape index (κ3) is 4.81. The minimum atomic E-state index is 0.126. The highest BCUT2D eigenvalue weighted by molar-refractivity contribution is 5.80. The zero-order valence-corrected chi connectivity index (χ0v) is 9.95. The van der Waals surface area contributed by atoms with Crippen molar-refractivity contribution in [3.8, 4) is 0 Å². The standard InChI is InChI=1S/C11H22N2O3/c1-2-5-15-6-7-16-9-11(3-4-11)8-10(12)13-14/h14H,2-9H2,1H3,(H2,12,13). The molecule has 0 aliphatic heterocycles. The molecule has 0 atom stereocenters. The lowest BCUT2D eigenvalue weighted by Gasteiger charge is -2.14. The molecular weight excluding hydrogens is 208 g/mol. The van der Waals surface area contributed by atoms with Gasteiger partial charge in [0.05, 0.1) is 19.8 Å². The second kappa shape index (κ2) is 6.70. The third-order valence-corrected chi connectivity index (χ3v) is 2.77. The van der Waals surface area contributed by atoms with Gasteiger partial charge in [0.2, 0.25) is 0 Å². The largest absolute Gasteiger partial charge is 0.409 e. The summed E-state index contributed by atoms with van der Waals surface area (Å²) < 4.78 is 10.8. The summed E-state index contributed by atoms with van der Waals surface area (Å²) in [5, 5.41) is 11.5. The summed E-state index contributed by atoms with van der Waals surface area (Å²) in [6.07, 6.45) is 3.85. The van der Waals surface area contributed by atoms with Crippen LogP contribution in [0.1, 0.15) is 32.6 Å². The Morgan fingerprint density at radius 3 is 2.56 bits per heavy atom. The fourth-order valence-electron chi connectivity index (χ4n) is 1.62. The van der Waals surface area contributed by atoms with E-state index in [2.05, 4.69) is 12.1 Å². The van der Waals surface area contributed by atoms with Crippen molar-refractivity contribution in [2.24, 2.45) is 16.3 Å². The van der Waals surface area contributed by atoms with Gasteiger partial charge in [-0.05, 0) is 19.3 Å². The van der Waals surface area contributed by atoms with Crippen molar-refractivity contribution in [3.05, 3.63) is 0 Å². The summed E-state index contributed by atoms with van der Waals surface area (Å²) in [6, 6.07) is 0. The number of nitrogens with two attached hydrogens (primary N) is 1. The second-order valence-corrected chi connectivity index (χ2v) is 4.43. The Morgan fingerprint density at radius 1 is 1.31 bits per heavy atom. The van der Waals surface area contributed by atoms with E-state index < -0.39 is 0 Å². The molecule has 0 aromatic heterocycles. The van der Waals surface area contributed by atoms with Crippen LogP contribution in [0.5, 0.6) is 0 Å². The van der Waals surface area contributed by atoms with Gasteiger partial charge in [0.25, 0.3) is 0 Å². The van der Waals surface area contributed by atoms with Crippen LogP contribution < -0.4 is 5.73 Å². The summed E-state index contributed by atoms with van der Waals surface area (Å²) >= 11 is 0. The van der Waals surface area contributed by atoms with E-state index in [-0.39, 0.29) is 5.41 Å². The maximum absolute atomic E-state index is 8.50. The number of oxime groups is 1. The second-order valence-electron chi connectivity index (χ2n) is 4.43. The molecule has 0 unspecified atom stereocenters. The molecule has 16 heavy (non-hydrogen) atoms. The van der Waals surface area contributed by atoms with E-state index in [1.54, 1.807) is 0 Å². The number of hydrogen-bond acceptors (Lipinski definition) is 4. The predicted octanol–water partition coefficient (Wildman–Crippen LogP) is 1.35. The Balaban J connectivity index is 2.04. The van der Waals surface area contributed by atoms with Crippen LogP contribution >= 0.6 is 0 Å². The van der Waals surface area contributed by atoms with Crippen molar-refractivity contribution in [2.45, 2.75) is 32.6 Å². The van der Waals surface area contributed by atoms with Crippen LogP contribution in [0.25, 0.3) is 0 Å². The Morgan fingerprint density at radius 2 is 2.00 bits per heavy atom. The van der Waals surface area contributed by atoms with Crippen LogP contribution in [-0.2, 0) is 9.47 Å². The van der Waals surface area contributed by atoms with Crippen LogP contribution in [-0.4, -0.2) is 37.5 Å². The molecule has 0 bridgehead atoms. The van der Waals surface area contributed by atoms with E-state index in [1.165, 1.54) is 0 Å². The predicted molar refractivity (Wildman–Crippen MR) is 61.6 cm³/mol. The van der Waals surface area contributed by atoms with Crippen molar-refractivity contribution < 1.29 is 14.7 Å². The van der Waals surface area contributed by atoms with Crippen LogP contribution in [0.4, 0.5) is 0 Å². The Bertz CT molecular complexity index is 227. The van der Waals surface area contributed by atoms with Gasteiger partial charge >= 0.3 is 0 Å². The lowest BCUT2D eigenvalue weighted by molar-refractivity contribution is 0.0300. The molecule has 0 amide bonds. The Labute approximate surface area is 96.6 Å². The lowest BCUT2D eigenvalue weighted by atomic mass is 10.0. The number of ether oxygens (including phenoxy) is 2. The zero-order chi connectivity index (χ0) is 11.9. The highest BCUT2D eigenvalue weighted by Gasteiger charge is 2.43. The van der Waals surface area contributed by atoms with Crippen molar-refractivity contribution in [3.63, 3.8) is 0 Å². The van der Waals surface area contributed by atoms with Crippen LogP contribution in [0.3, 0.4) is 0 Å². The van der Waals surface area contributed by atoms with Gasteiger partial charge in [0, 0.05) is 18.4 Å². The van der Waals surface area contributed by atoms with Gasteiger partial charge in [-0.15, -0.1) is 0 Å². The van der Waals surface area contributed by atoms with E-state index in [0.29, 0.717) is 32.1 Å². The topological polar surface area (TPSA) is 77.1 Å². The molecule has 0 spiro atoms. The summed E-state index contributed by atoms with van der Waals surface area (Å²) in [5.74, 6) is 0.295. The third-order valence-electron chi connectivity index (χ3n) is 2.77. The number of hydrogen-bond donors (Lipinski definition) is 2. The van der Waals surface area contributed by atoms with Crippen molar-refractivity contribution in [2.75, 3.05) is 26.4 Å². The molecule has 1 aliphatic carbocycles. The molecular formula is C11H22N2O3. The molecule has 1 aliphatic rings. The lowest BCUT2D eigenvalue weighted by Crippen LogP contribution is -2.22. The SMILES string of the molecule is CCCOCCOCC1(CC(N)=NO)CC1. The van der Waals surface area contributed by atoms with E-state index in [4.69, 9.17) is 20.4 Å². The molecule has 0 heterocycles.